The van der Waals surface area contributed by atoms with Crippen LogP contribution in [0.25, 0.3) is 115 Å². The van der Waals surface area contributed by atoms with Gasteiger partial charge in [-0.1, -0.05) is 200 Å². The van der Waals surface area contributed by atoms with Gasteiger partial charge in [0.2, 0.25) is 0 Å². The molecule has 3 heteroatoms. The van der Waals surface area contributed by atoms with Crippen molar-refractivity contribution in [1.29, 1.82) is 0 Å². The first kappa shape index (κ1) is 40.6. The van der Waals surface area contributed by atoms with E-state index in [0.717, 1.165) is 50.1 Å². The van der Waals surface area contributed by atoms with Crippen molar-refractivity contribution in [2.24, 2.45) is 0 Å². The largest absolute Gasteiger partial charge is 0.454 e. The molecule has 3 nitrogen and oxygen atoms in total. The molecule has 14 rings (SSSR count). The summed E-state index contributed by atoms with van der Waals surface area (Å²) in [5, 5.41) is 9.62. The number of anilines is 3. The van der Waals surface area contributed by atoms with Crippen molar-refractivity contribution in [2.75, 3.05) is 4.90 Å². The summed E-state index contributed by atoms with van der Waals surface area (Å²) in [6.07, 6.45) is 0. The van der Waals surface area contributed by atoms with Crippen molar-refractivity contribution in [3.8, 4) is 50.2 Å². The lowest BCUT2D eigenvalue weighted by molar-refractivity contribution is 0.669. The van der Waals surface area contributed by atoms with Crippen LogP contribution in [0.3, 0.4) is 0 Å². The van der Waals surface area contributed by atoms with Crippen LogP contribution in [0.5, 0.6) is 0 Å². The van der Waals surface area contributed by atoms with Gasteiger partial charge in [0.05, 0.1) is 16.7 Å². The molecule has 332 valence electrons. The summed E-state index contributed by atoms with van der Waals surface area (Å²) in [5.74, 6) is 0. The van der Waals surface area contributed by atoms with Gasteiger partial charge in [-0.15, -0.1) is 0 Å². The van der Waals surface area contributed by atoms with Crippen molar-refractivity contribution in [3.05, 3.63) is 267 Å². The summed E-state index contributed by atoms with van der Waals surface area (Å²) < 4.78 is 9.19. The minimum atomic E-state index is 0.859. The van der Waals surface area contributed by atoms with E-state index >= 15 is 0 Å². The van der Waals surface area contributed by atoms with E-state index in [0.29, 0.717) is 0 Å². The van der Waals surface area contributed by atoms with Crippen LogP contribution in [-0.2, 0) is 0 Å². The lowest BCUT2D eigenvalue weighted by Crippen LogP contribution is -2.10. The Hall–Kier alpha value is -9.44. The summed E-state index contributed by atoms with van der Waals surface area (Å²) in [5.41, 5.74) is 17.9. The fourth-order valence-electron chi connectivity index (χ4n) is 10.9. The second-order valence-electron chi connectivity index (χ2n) is 18.4. The first-order valence-corrected chi connectivity index (χ1v) is 24.3. The van der Waals surface area contributed by atoms with Crippen molar-refractivity contribution in [1.82, 2.24) is 4.57 Å². The molecule has 0 spiro atoms. The van der Waals surface area contributed by atoms with E-state index in [-0.39, 0.29) is 0 Å². The highest BCUT2D eigenvalue weighted by atomic mass is 16.3. The first-order chi connectivity index (χ1) is 35.2. The standard InChI is InChI=1S/C68H44N2O/c1-2-15-54(16-3-1)70-63-22-9-8-19-60(63)62-44-53(36-42-64(62)70)49-30-28-46(29-31-49)45-24-26-47(27-25-45)48-32-38-55(39-33-48)69(56-40-34-52(35-41-56)58-20-10-14-50-12-4-6-17-57(50)58)65-23-11-21-61-67-59-18-7-5-13-51(59)37-43-66(67)71-68(61)65/h1-44H. The predicted molar refractivity (Wildman–Crippen MR) is 299 cm³/mol. The maximum atomic E-state index is 6.83. The van der Waals surface area contributed by atoms with Crippen LogP contribution in [0.1, 0.15) is 0 Å². The molecule has 12 aromatic carbocycles. The minimum absolute atomic E-state index is 0.859. The van der Waals surface area contributed by atoms with Crippen LogP contribution >= 0.6 is 0 Å². The molecule has 2 aromatic heterocycles. The molecule has 0 aliphatic rings. The van der Waals surface area contributed by atoms with Gasteiger partial charge < -0.3 is 13.9 Å². The average Bonchev–Trinajstić information content (AvgIpc) is 4.00. The Bertz CT molecular complexity index is 4290. The van der Waals surface area contributed by atoms with Gasteiger partial charge in [-0.25, -0.2) is 0 Å². The molecular formula is C68H44N2O. The number of benzene rings is 12. The molecule has 0 fully saturated rings. The van der Waals surface area contributed by atoms with Gasteiger partial charge in [-0.05, 0) is 133 Å². The van der Waals surface area contributed by atoms with E-state index in [2.05, 4.69) is 276 Å². The van der Waals surface area contributed by atoms with Crippen LogP contribution in [0, 0.1) is 0 Å². The SMILES string of the molecule is c1ccc(-n2c3ccccc3c3cc(-c4ccc(-c5ccc(-c6ccc(N(c7ccc(-c8cccc9ccccc89)cc7)c7cccc8c7oc7ccc9ccccc9c78)cc6)cc5)cc4)ccc32)cc1. The number of aromatic nitrogens is 1. The summed E-state index contributed by atoms with van der Waals surface area (Å²) in [6, 6.07) is 96.5. The third-order valence-corrected chi connectivity index (χ3v) is 14.4. The number of furan rings is 1. The zero-order valence-electron chi connectivity index (χ0n) is 38.7. The smallest absolute Gasteiger partial charge is 0.159 e. The van der Waals surface area contributed by atoms with Gasteiger partial charge in [0, 0.05) is 38.6 Å². The maximum Gasteiger partial charge on any atom is 0.159 e. The second-order valence-corrected chi connectivity index (χ2v) is 18.4. The van der Waals surface area contributed by atoms with Crippen LogP contribution in [-0.4, -0.2) is 4.57 Å². The zero-order chi connectivity index (χ0) is 46.8. The monoisotopic (exact) mass is 904 g/mol. The lowest BCUT2D eigenvalue weighted by atomic mass is 9.97. The molecule has 0 aliphatic carbocycles. The topological polar surface area (TPSA) is 21.3 Å². The predicted octanol–water partition coefficient (Wildman–Crippen LogP) is 19.1. The van der Waals surface area contributed by atoms with Crippen molar-refractivity contribution >= 4 is 82.4 Å². The number of para-hydroxylation sites is 3. The normalized spacial score (nSPS) is 11.7. The number of hydrogen-bond donors (Lipinski definition) is 0. The molecule has 0 aliphatic heterocycles. The third-order valence-electron chi connectivity index (χ3n) is 14.4. The Labute approximate surface area is 411 Å². The van der Waals surface area contributed by atoms with E-state index in [4.69, 9.17) is 4.42 Å². The number of hydrogen-bond acceptors (Lipinski definition) is 2. The fraction of sp³-hybridized carbons (Fsp3) is 0. The van der Waals surface area contributed by atoms with E-state index < -0.39 is 0 Å². The lowest BCUT2D eigenvalue weighted by Gasteiger charge is -2.26. The highest BCUT2D eigenvalue weighted by molar-refractivity contribution is 6.21. The molecule has 0 amide bonds. The summed E-state index contributed by atoms with van der Waals surface area (Å²) in [6.45, 7) is 0. The molecular weight excluding hydrogens is 861 g/mol. The molecule has 0 saturated carbocycles. The van der Waals surface area contributed by atoms with E-state index in [1.165, 1.54) is 82.4 Å². The Morgan fingerprint density at radius 2 is 0.803 bits per heavy atom. The highest BCUT2D eigenvalue weighted by Gasteiger charge is 2.21. The van der Waals surface area contributed by atoms with Crippen molar-refractivity contribution in [2.45, 2.75) is 0 Å². The molecule has 0 unspecified atom stereocenters. The van der Waals surface area contributed by atoms with Crippen LogP contribution in [0.2, 0.25) is 0 Å². The molecule has 71 heavy (non-hydrogen) atoms. The van der Waals surface area contributed by atoms with Crippen molar-refractivity contribution in [3.63, 3.8) is 0 Å². The van der Waals surface area contributed by atoms with Gasteiger partial charge in [-0.2, -0.15) is 0 Å². The molecule has 0 saturated heterocycles. The minimum Gasteiger partial charge on any atom is -0.454 e. The van der Waals surface area contributed by atoms with Gasteiger partial charge >= 0.3 is 0 Å². The summed E-state index contributed by atoms with van der Waals surface area (Å²) in [4.78, 5) is 2.33. The van der Waals surface area contributed by atoms with Crippen LogP contribution in [0.15, 0.2) is 271 Å². The van der Waals surface area contributed by atoms with Gasteiger partial charge in [0.15, 0.2) is 5.58 Å². The second kappa shape index (κ2) is 16.7. The van der Waals surface area contributed by atoms with Gasteiger partial charge in [-0.3, -0.25) is 0 Å². The van der Waals surface area contributed by atoms with E-state index in [9.17, 15) is 0 Å². The van der Waals surface area contributed by atoms with Gasteiger partial charge in [0.25, 0.3) is 0 Å². The van der Waals surface area contributed by atoms with Crippen LogP contribution < -0.4 is 4.90 Å². The Kier molecular flexibility index (Phi) is 9.53. The van der Waals surface area contributed by atoms with Crippen LogP contribution in [0.4, 0.5) is 17.1 Å². The third kappa shape index (κ3) is 6.89. The number of rotatable bonds is 8. The van der Waals surface area contributed by atoms with Crippen molar-refractivity contribution < 1.29 is 4.42 Å². The van der Waals surface area contributed by atoms with E-state index in [1.54, 1.807) is 0 Å². The Balaban J connectivity index is 0.783. The fourth-order valence-corrected chi connectivity index (χ4v) is 10.9. The number of fused-ring (bicyclic) bond motifs is 9. The molecule has 0 radical (unpaired) electrons. The molecule has 14 aromatic rings. The summed E-state index contributed by atoms with van der Waals surface area (Å²) in [7, 11) is 0. The first-order valence-electron chi connectivity index (χ1n) is 24.3. The molecule has 0 N–H and O–H groups in total. The molecule has 2 heterocycles. The molecule has 0 bridgehead atoms. The van der Waals surface area contributed by atoms with E-state index in [1.807, 2.05) is 0 Å². The quantitative estimate of drug-likeness (QED) is 0.151. The summed E-state index contributed by atoms with van der Waals surface area (Å²) >= 11 is 0. The Morgan fingerprint density at radius 3 is 1.49 bits per heavy atom. The zero-order valence-corrected chi connectivity index (χ0v) is 38.7. The highest BCUT2D eigenvalue weighted by Crippen LogP contribution is 2.45. The molecule has 0 atom stereocenters. The van der Waals surface area contributed by atoms with Gasteiger partial charge in [0.1, 0.15) is 5.58 Å². The average molecular weight is 905 g/mol. The number of nitrogens with zero attached hydrogens (tertiary/aromatic N) is 2. The maximum absolute atomic E-state index is 6.83. The Morgan fingerprint density at radius 1 is 0.310 bits per heavy atom.